The van der Waals surface area contributed by atoms with Crippen LogP contribution in [0.2, 0.25) is 0 Å². The van der Waals surface area contributed by atoms with Gasteiger partial charge >= 0.3 is 0 Å². The summed E-state index contributed by atoms with van der Waals surface area (Å²) < 4.78 is 5.77. The van der Waals surface area contributed by atoms with Crippen LogP contribution in [0.3, 0.4) is 0 Å². The second kappa shape index (κ2) is 5.15. The molecule has 0 amide bonds. The van der Waals surface area contributed by atoms with Gasteiger partial charge < -0.3 is 4.52 Å². The Hall–Kier alpha value is -1.60. The van der Waals surface area contributed by atoms with Gasteiger partial charge in [0.15, 0.2) is 11.5 Å². The van der Waals surface area contributed by atoms with Crippen molar-refractivity contribution in [1.29, 1.82) is 5.26 Å². The number of nitriles is 1. The maximum Gasteiger partial charge on any atom is 0.198 e. The second-order valence-electron chi connectivity index (χ2n) is 3.73. The first-order chi connectivity index (χ1) is 8.26. The van der Waals surface area contributed by atoms with E-state index in [4.69, 9.17) is 9.78 Å². The van der Waals surface area contributed by atoms with Crippen molar-refractivity contribution in [2.75, 3.05) is 0 Å². The van der Waals surface area contributed by atoms with Gasteiger partial charge in [-0.1, -0.05) is 42.8 Å². The quantitative estimate of drug-likeness (QED) is 0.861. The van der Waals surface area contributed by atoms with Crippen molar-refractivity contribution >= 4 is 15.9 Å². The van der Waals surface area contributed by atoms with Crippen molar-refractivity contribution in [3.05, 3.63) is 40.0 Å². The van der Waals surface area contributed by atoms with E-state index in [2.05, 4.69) is 40.1 Å². The van der Waals surface area contributed by atoms with Gasteiger partial charge in [-0.25, -0.2) is 0 Å². The summed E-state index contributed by atoms with van der Waals surface area (Å²) in [5.41, 5.74) is 2.50. The lowest BCUT2D eigenvalue weighted by atomic mass is 10.1. The molecule has 0 N–H and O–H groups in total. The topological polar surface area (TPSA) is 49.8 Å². The Balaban J connectivity index is 2.34. The molecule has 3 nitrogen and oxygen atoms in total. The van der Waals surface area contributed by atoms with E-state index >= 15 is 0 Å². The first-order valence-electron chi connectivity index (χ1n) is 5.40. The molecule has 2 rings (SSSR count). The Kier molecular flexibility index (Phi) is 3.60. The standard InChI is InChI=1S/C13H11BrN2O/c1-2-3-9-4-6-10(7-5-9)13-12(14)11(8-15)16-17-13/h4-7H,2-3H2,1H3. The number of hydrogen-bond donors (Lipinski definition) is 0. The van der Waals surface area contributed by atoms with Crippen LogP contribution in [0.4, 0.5) is 0 Å². The van der Waals surface area contributed by atoms with Crippen molar-refractivity contribution in [2.24, 2.45) is 0 Å². The molecule has 0 aliphatic rings. The van der Waals surface area contributed by atoms with Crippen molar-refractivity contribution in [3.8, 4) is 17.4 Å². The third-order valence-corrected chi connectivity index (χ3v) is 3.23. The number of hydrogen-bond acceptors (Lipinski definition) is 3. The number of aryl methyl sites for hydroxylation is 1. The fourth-order valence-electron chi connectivity index (χ4n) is 1.64. The second-order valence-corrected chi connectivity index (χ2v) is 4.53. The van der Waals surface area contributed by atoms with Gasteiger partial charge in [0.05, 0.1) is 0 Å². The van der Waals surface area contributed by atoms with E-state index in [1.54, 1.807) is 0 Å². The summed E-state index contributed by atoms with van der Waals surface area (Å²) in [6.07, 6.45) is 2.20. The normalized spacial score (nSPS) is 10.2. The average Bonchev–Trinajstić information content (AvgIpc) is 2.72. The first kappa shape index (κ1) is 11.9. The van der Waals surface area contributed by atoms with Crippen molar-refractivity contribution in [2.45, 2.75) is 19.8 Å². The Bertz CT molecular complexity index is 552. The van der Waals surface area contributed by atoms with Crippen molar-refractivity contribution < 1.29 is 4.52 Å². The van der Waals surface area contributed by atoms with Crippen LogP contribution in [0.25, 0.3) is 11.3 Å². The van der Waals surface area contributed by atoms with E-state index in [0.717, 1.165) is 18.4 Å². The molecule has 0 saturated carbocycles. The number of halogens is 1. The zero-order chi connectivity index (χ0) is 12.3. The van der Waals surface area contributed by atoms with Gasteiger partial charge in [0.1, 0.15) is 10.5 Å². The Morgan fingerprint density at radius 2 is 2.06 bits per heavy atom. The molecule has 0 saturated heterocycles. The lowest BCUT2D eigenvalue weighted by Crippen LogP contribution is -1.83. The van der Waals surface area contributed by atoms with Crippen molar-refractivity contribution in [3.63, 3.8) is 0 Å². The maximum atomic E-state index is 8.79. The third kappa shape index (κ3) is 2.40. The Labute approximate surface area is 108 Å². The number of nitrogens with zero attached hydrogens (tertiary/aromatic N) is 2. The highest BCUT2D eigenvalue weighted by atomic mass is 79.9. The fraction of sp³-hybridized carbons (Fsp3) is 0.231. The molecule has 0 spiro atoms. The van der Waals surface area contributed by atoms with Crippen LogP contribution in [-0.2, 0) is 6.42 Å². The SMILES string of the molecule is CCCc1ccc(-c2onc(C#N)c2Br)cc1. The Morgan fingerprint density at radius 1 is 1.35 bits per heavy atom. The minimum absolute atomic E-state index is 0.276. The lowest BCUT2D eigenvalue weighted by Gasteiger charge is -2.00. The summed E-state index contributed by atoms with van der Waals surface area (Å²) >= 11 is 3.32. The molecule has 0 aliphatic carbocycles. The smallest absolute Gasteiger partial charge is 0.198 e. The van der Waals surface area contributed by atoms with E-state index in [0.29, 0.717) is 10.2 Å². The molecule has 0 aliphatic heterocycles. The maximum absolute atomic E-state index is 8.79. The highest BCUT2D eigenvalue weighted by Crippen LogP contribution is 2.30. The van der Waals surface area contributed by atoms with Crippen LogP contribution >= 0.6 is 15.9 Å². The molecule has 0 bridgehead atoms. The number of benzene rings is 1. The van der Waals surface area contributed by atoms with Gasteiger partial charge in [-0.2, -0.15) is 5.26 Å². The monoisotopic (exact) mass is 290 g/mol. The fourth-order valence-corrected chi connectivity index (χ4v) is 2.10. The summed E-state index contributed by atoms with van der Waals surface area (Å²) in [6, 6.07) is 10.1. The molecular weight excluding hydrogens is 280 g/mol. The molecule has 86 valence electrons. The Morgan fingerprint density at radius 3 is 2.59 bits per heavy atom. The van der Waals surface area contributed by atoms with Crippen molar-refractivity contribution in [1.82, 2.24) is 5.16 Å². The number of aromatic nitrogens is 1. The zero-order valence-electron chi connectivity index (χ0n) is 9.40. The summed E-state index contributed by atoms with van der Waals surface area (Å²) in [4.78, 5) is 0. The van der Waals surface area contributed by atoms with E-state index < -0.39 is 0 Å². The molecule has 0 atom stereocenters. The van der Waals surface area contributed by atoms with E-state index in [-0.39, 0.29) is 5.69 Å². The zero-order valence-corrected chi connectivity index (χ0v) is 11.0. The van der Waals surface area contributed by atoms with Crippen LogP contribution in [0.15, 0.2) is 33.3 Å². The highest BCUT2D eigenvalue weighted by molar-refractivity contribution is 9.10. The molecule has 1 aromatic heterocycles. The van der Waals surface area contributed by atoms with Crippen LogP contribution in [-0.4, -0.2) is 5.16 Å². The molecule has 17 heavy (non-hydrogen) atoms. The lowest BCUT2D eigenvalue weighted by molar-refractivity contribution is 0.430. The van der Waals surface area contributed by atoms with Gasteiger partial charge in [0, 0.05) is 5.56 Å². The summed E-state index contributed by atoms with van der Waals surface area (Å²) in [7, 11) is 0. The van der Waals surface area contributed by atoms with Gasteiger partial charge in [0.2, 0.25) is 0 Å². The molecule has 0 radical (unpaired) electrons. The van der Waals surface area contributed by atoms with Gasteiger partial charge in [-0.05, 0) is 27.9 Å². The molecule has 0 unspecified atom stereocenters. The van der Waals surface area contributed by atoms with Gasteiger partial charge in [-0.15, -0.1) is 0 Å². The average molecular weight is 291 g/mol. The first-order valence-corrected chi connectivity index (χ1v) is 6.20. The van der Waals surface area contributed by atoms with Crippen LogP contribution in [0.5, 0.6) is 0 Å². The third-order valence-electron chi connectivity index (χ3n) is 2.50. The van der Waals surface area contributed by atoms with Gasteiger partial charge in [-0.3, -0.25) is 0 Å². The predicted molar refractivity (Wildman–Crippen MR) is 68.3 cm³/mol. The predicted octanol–water partition coefficient (Wildman–Crippen LogP) is 3.93. The molecule has 4 heteroatoms. The molecule has 1 aromatic carbocycles. The van der Waals surface area contributed by atoms with Crippen LogP contribution < -0.4 is 0 Å². The molecule has 2 aromatic rings. The molecular formula is C13H11BrN2O. The molecule has 1 heterocycles. The largest absolute Gasteiger partial charge is 0.354 e. The summed E-state index contributed by atoms with van der Waals surface area (Å²) in [6.45, 7) is 2.15. The van der Waals surface area contributed by atoms with Crippen LogP contribution in [0, 0.1) is 11.3 Å². The van der Waals surface area contributed by atoms with E-state index in [1.807, 2.05) is 18.2 Å². The van der Waals surface area contributed by atoms with E-state index in [9.17, 15) is 0 Å². The van der Waals surface area contributed by atoms with Gasteiger partial charge in [0.25, 0.3) is 0 Å². The minimum atomic E-state index is 0.276. The summed E-state index contributed by atoms with van der Waals surface area (Å²) in [5, 5.41) is 12.5. The van der Waals surface area contributed by atoms with Crippen LogP contribution in [0.1, 0.15) is 24.6 Å². The number of rotatable bonds is 3. The minimum Gasteiger partial charge on any atom is -0.354 e. The molecule has 0 fully saturated rings. The highest BCUT2D eigenvalue weighted by Gasteiger charge is 2.14. The summed E-state index contributed by atoms with van der Waals surface area (Å²) in [5.74, 6) is 0.601. The van der Waals surface area contributed by atoms with E-state index in [1.165, 1.54) is 5.56 Å².